The highest BCUT2D eigenvalue weighted by Crippen LogP contribution is 2.37. The zero-order chi connectivity index (χ0) is 30.7. The van der Waals surface area contributed by atoms with Crippen LogP contribution in [0.5, 0.6) is 11.5 Å². The van der Waals surface area contributed by atoms with E-state index in [1.54, 1.807) is 23.9 Å². The Morgan fingerprint density at radius 2 is 1.95 bits per heavy atom. The predicted molar refractivity (Wildman–Crippen MR) is 162 cm³/mol. The number of nitrogens with two attached hydrogens (primary N) is 1. The number of carbonyl (C=O) groups is 3. The van der Waals surface area contributed by atoms with Crippen LogP contribution >= 0.6 is 11.8 Å². The molecule has 6 rings (SSSR count). The Labute approximate surface area is 254 Å². The van der Waals surface area contributed by atoms with Crippen molar-refractivity contribution in [3.05, 3.63) is 83.2 Å². The molecule has 4 aliphatic heterocycles. The van der Waals surface area contributed by atoms with Gasteiger partial charge in [0.05, 0.1) is 26.2 Å². The Kier molecular flexibility index (Phi) is 11.5. The number of ether oxygens (including phenoxy) is 3. The molecule has 3 N–H and O–H groups in total. The fourth-order valence-electron chi connectivity index (χ4n) is 5.14. The number of allylic oxidation sites excluding steroid dienone is 1. The van der Waals surface area contributed by atoms with Gasteiger partial charge in [0.2, 0.25) is 18.7 Å². The number of benzene rings is 2. The number of aliphatic imine (C=N–C) groups is 1. The van der Waals surface area contributed by atoms with E-state index in [0.29, 0.717) is 55.4 Å². The van der Waals surface area contributed by atoms with Gasteiger partial charge in [-0.2, -0.15) is 0 Å². The van der Waals surface area contributed by atoms with Crippen LogP contribution in [0.1, 0.15) is 18.9 Å². The minimum atomic E-state index is -0.622. The number of nitrogens with zero attached hydrogens (tertiary/aromatic N) is 2. The zero-order valence-electron chi connectivity index (χ0n) is 23.8. The third kappa shape index (κ3) is 8.99. The maximum atomic E-state index is 13.0. The van der Waals surface area contributed by atoms with Gasteiger partial charge in [0.25, 0.3) is 0 Å². The van der Waals surface area contributed by atoms with E-state index in [4.69, 9.17) is 19.0 Å². The first-order chi connectivity index (χ1) is 20.8. The number of thioether (sulfide) groups is 1. The monoisotopic (exact) mass is 610 g/mol. The van der Waals surface area contributed by atoms with E-state index in [1.165, 1.54) is 17.0 Å². The van der Waals surface area contributed by atoms with Crippen molar-refractivity contribution in [1.82, 2.24) is 10.2 Å². The lowest BCUT2D eigenvalue weighted by Crippen LogP contribution is -2.38. The zero-order valence-corrected chi connectivity index (χ0v) is 24.6. The lowest BCUT2D eigenvalue weighted by atomic mass is 10.1. The van der Waals surface area contributed by atoms with Crippen LogP contribution in [0.3, 0.4) is 0 Å². The van der Waals surface area contributed by atoms with Gasteiger partial charge in [-0.15, -0.1) is 11.8 Å². The van der Waals surface area contributed by atoms with Gasteiger partial charge in [0, 0.05) is 47.5 Å². The molecule has 0 bridgehead atoms. The summed E-state index contributed by atoms with van der Waals surface area (Å²) < 4.78 is 30.2. The molecule has 0 radical (unpaired) electrons. The summed E-state index contributed by atoms with van der Waals surface area (Å²) in [6.07, 6.45) is 10.0. The lowest BCUT2D eigenvalue weighted by Gasteiger charge is -2.23. The van der Waals surface area contributed by atoms with E-state index in [-0.39, 0.29) is 30.6 Å². The highest BCUT2D eigenvalue weighted by atomic mass is 32.2. The number of rotatable bonds is 7. The predicted octanol–water partition coefficient (Wildman–Crippen LogP) is 3.57. The topological polar surface area (TPSA) is 133 Å². The van der Waals surface area contributed by atoms with Crippen molar-refractivity contribution in [3.8, 4) is 11.5 Å². The SMILES string of the molecule is CC1CC2(CN1C(=O)Cc1cccc(Oc3ccc(F)cc3)c1)OCCO2.NC=O.O=CNCC1=CC2C=NC=CC2S1. The van der Waals surface area contributed by atoms with Crippen molar-refractivity contribution in [2.75, 3.05) is 26.3 Å². The molecule has 3 unspecified atom stereocenters. The van der Waals surface area contributed by atoms with E-state index >= 15 is 0 Å². The Bertz CT molecular complexity index is 1350. The molecule has 2 aromatic rings. The van der Waals surface area contributed by atoms with Crippen molar-refractivity contribution in [3.63, 3.8) is 0 Å². The van der Waals surface area contributed by atoms with Gasteiger partial charge < -0.3 is 30.2 Å². The van der Waals surface area contributed by atoms with E-state index < -0.39 is 5.79 Å². The maximum absolute atomic E-state index is 13.0. The molecule has 2 fully saturated rings. The Morgan fingerprint density at radius 3 is 2.65 bits per heavy atom. The molecular weight excluding hydrogens is 575 g/mol. The van der Waals surface area contributed by atoms with E-state index in [0.717, 1.165) is 12.0 Å². The van der Waals surface area contributed by atoms with Crippen LogP contribution in [0.25, 0.3) is 0 Å². The van der Waals surface area contributed by atoms with Crippen molar-refractivity contribution >= 4 is 36.7 Å². The van der Waals surface area contributed by atoms with E-state index in [9.17, 15) is 14.0 Å². The van der Waals surface area contributed by atoms with Gasteiger partial charge in [0.15, 0.2) is 5.79 Å². The fourth-order valence-corrected chi connectivity index (χ4v) is 6.34. The molecule has 228 valence electrons. The number of amides is 3. The molecule has 2 aromatic carbocycles. The Morgan fingerprint density at radius 1 is 1.21 bits per heavy atom. The summed E-state index contributed by atoms with van der Waals surface area (Å²) >= 11 is 1.80. The molecule has 10 nitrogen and oxygen atoms in total. The quantitative estimate of drug-likeness (QED) is 0.458. The van der Waals surface area contributed by atoms with Crippen molar-refractivity contribution in [2.45, 2.75) is 36.8 Å². The number of carbonyl (C=O) groups excluding carboxylic acids is 3. The number of hydrogen-bond acceptors (Lipinski definition) is 8. The average Bonchev–Trinajstić information content (AvgIpc) is 3.72. The maximum Gasteiger partial charge on any atom is 0.227 e. The second-order valence-corrected chi connectivity index (χ2v) is 11.4. The third-order valence-corrected chi connectivity index (χ3v) is 8.34. The number of nitrogens with one attached hydrogen (secondary N) is 1. The number of primary amides is 1. The number of halogens is 1. The highest BCUT2D eigenvalue weighted by Gasteiger charge is 2.48. The largest absolute Gasteiger partial charge is 0.457 e. The summed E-state index contributed by atoms with van der Waals surface area (Å²) in [5.74, 6) is 0.680. The summed E-state index contributed by atoms with van der Waals surface area (Å²) in [7, 11) is 0. The summed E-state index contributed by atoms with van der Waals surface area (Å²) in [6.45, 7) is 4.29. The summed E-state index contributed by atoms with van der Waals surface area (Å²) in [5, 5.41) is 3.15. The number of fused-ring (bicyclic) bond motifs is 1. The molecule has 4 heterocycles. The van der Waals surface area contributed by atoms with Crippen LogP contribution in [0, 0.1) is 11.7 Å². The van der Waals surface area contributed by atoms with Crippen LogP contribution in [0.4, 0.5) is 4.39 Å². The second kappa shape index (κ2) is 15.5. The lowest BCUT2D eigenvalue weighted by molar-refractivity contribution is -0.152. The molecule has 2 saturated heterocycles. The molecule has 4 aliphatic rings. The molecular formula is C31H35FN4O6S. The molecule has 1 spiro atoms. The number of likely N-dealkylation sites (tertiary alicyclic amines) is 1. The van der Waals surface area contributed by atoms with Crippen LogP contribution in [-0.4, -0.2) is 73.2 Å². The van der Waals surface area contributed by atoms with Crippen molar-refractivity contribution in [2.24, 2.45) is 16.6 Å². The first-order valence-corrected chi connectivity index (χ1v) is 14.7. The molecule has 3 atom stereocenters. The molecule has 43 heavy (non-hydrogen) atoms. The molecule has 0 aromatic heterocycles. The molecule has 0 aliphatic carbocycles. The second-order valence-electron chi connectivity index (χ2n) is 10.1. The van der Waals surface area contributed by atoms with Crippen molar-refractivity contribution < 1.29 is 33.0 Å². The first kappa shape index (κ1) is 31.9. The fraction of sp³-hybridized carbons (Fsp3) is 0.355. The molecule has 3 amide bonds. The minimum absolute atomic E-state index is 0.0393. The van der Waals surface area contributed by atoms with Crippen LogP contribution < -0.4 is 15.8 Å². The van der Waals surface area contributed by atoms with Gasteiger partial charge in [0.1, 0.15) is 17.3 Å². The highest BCUT2D eigenvalue weighted by molar-refractivity contribution is 8.04. The number of hydrogen-bond donors (Lipinski definition) is 2. The molecule has 0 saturated carbocycles. The van der Waals surface area contributed by atoms with Crippen LogP contribution in [0.15, 0.2) is 76.8 Å². The van der Waals surface area contributed by atoms with Gasteiger partial charge in [-0.1, -0.05) is 24.3 Å². The van der Waals surface area contributed by atoms with Gasteiger partial charge in [-0.05, 0) is 48.9 Å². The summed E-state index contributed by atoms with van der Waals surface area (Å²) in [5.41, 5.74) is 5.03. The van der Waals surface area contributed by atoms with Gasteiger partial charge in [-0.25, -0.2) is 4.39 Å². The Hall–Kier alpha value is -4.00. The molecule has 12 heteroatoms. The Balaban J connectivity index is 0.000000220. The normalized spacial score (nSPS) is 22.4. The van der Waals surface area contributed by atoms with Gasteiger partial charge in [-0.3, -0.25) is 19.4 Å². The standard InChI is InChI=1S/C21H22FNO4.C9H10N2OS.CH3NO/c1-15-13-21(25-9-10-26-21)14-23(15)20(24)12-16-3-2-4-19(11-16)27-18-7-5-17(22)6-8-18;12-6-11-5-8-3-7-4-10-2-1-9(7)13-8;2-1-3/h2-8,11,15H,9-10,12-14H2,1H3;1-4,6-7,9H,5H2,(H,11,12);1H,(H2,2,3). The smallest absolute Gasteiger partial charge is 0.227 e. The summed E-state index contributed by atoms with van der Waals surface area (Å²) in [6, 6.07) is 13.3. The minimum Gasteiger partial charge on any atom is -0.457 e. The third-order valence-electron chi connectivity index (χ3n) is 7.01. The van der Waals surface area contributed by atoms with E-state index in [1.807, 2.05) is 48.5 Å². The van der Waals surface area contributed by atoms with Gasteiger partial charge >= 0.3 is 0 Å². The average molecular weight is 611 g/mol. The first-order valence-electron chi connectivity index (χ1n) is 13.8. The van der Waals surface area contributed by atoms with Crippen molar-refractivity contribution in [1.29, 1.82) is 0 Å². The van der Waals surface area contributed by atoms with Crippen LogP contribution in [0.2, 0.25) is 0 Å². The summed E-state index contributed by atoms with van der Waals surface area (Å²) in [4.78, 5) is 38.6. The van der Waals surface area contributed by atoms with E-state index in [2.05, 4.69) is 28.2 Å². The van der Waals surface area contributed by atoms with Crippen LogP contribution in [-0.2, 0) is 30.3 Å².